The third-order valence-corrected chi connectivity index (χ3v) is 14.9. The number of aryl methyl sites for hydroxylation is 2. The molecular weight excluding hydrogens is 835 g/mol. The van der Waals surface area contributed by atoms with Crippen LogP contribution in [0.1, 0.15) is 11.1 Å². The molecule has 316 valence electrons. The third-order valence-electron chi connectivity index (χ3n) is 13.8. The second-order valence-corrected chi connectivity index (χ2v) is 19.0. The number of hydrogen-bond acceptors (Lipinski definition) is 3. The quantitative estimate of drug-likeness (QED) is 0.172. The van der Waals surface area contributed by atoms with Crippen LogP contribution in [0.5, 0.6) is 0 Å². The first kappa shape index (κ1) is 38.1. The van der Waals surface area contributed by atoms with E-state index in [2.05, 4.69) is 234 Å². The number of para-hydroxylation sites is 1. The van der Waals surface area contributed by atoms with Gasteiger partial charge < -0.3 is 18.5 Å². The summed E-state index contributed by atoms with van der Waals surface area (Å²) in [6.07, 6.45) is 0. The molecule has 0 spiro atoms. The largest absolute Gasteiger partial charge is 0.456 e. The molecule has 0 unspecified atom stereocenters. The number of furan rings is 1. The first-order valence-electron chi connectivity index (χ1n) is 22.9. The van der Waals surface area contributed by atoms with Crippen molar-refractivity contribution in [3.05, 3.63) is 223 Å². The monoisotopic (exact) mass is 875 g/mol. The Kier molecular flexibility index (Phi) is 8.31. The topological polar surface area (TPSA) is 26.2 Å². The van der Waals surface area contributed by atoms with E-state index in [1.165, 1.54) is 86.8 Å². The maximum Gasteiger partial charge on any atom is 0.135 e. The molecule has 10 aromatic carbocycles. The molecule has 67 heavy (non-hydrogen) atoms. The molecule has 0 saturated carbocycles. The number of nitrogens with zero attached hydrogens (tertiary/aromatic N) is 3. The molecule has 0 saturated heterocycles. The van der Waals surface area contributed by atoms with Gasteiger partial charge in [-0.3, -0.25) is 0 Å². The van der Waals surface area contributed by atoms with E-state index in [0.29, 0.717) is 0 Å². The fourth-order valence-corrected chi connectivity index (χ4v) is 11.8. The Balaban J connectivity index is 0.981. The van der Waals surface area contributed by atoms with Gasteiger partial charge in [0.15, 0.2) is 0 Å². The summed E-state index contributed by atoms with van der Waals surface area (Å²) in [5, 5.41) is 7.24. The van der Waals surface area contributed by atoms with Gasteiger partial charge in [-0.05, 0) is 145 Å². The molecular formula is C62H41N3OS. The summed E-state index contributed by atoms with van der Waals surface area (Å²) in [5.41, 5.74) is 19.5. The molecule has 13 aromatic rings. The second kappa shape index (κ2) is 14.6. The molecule has 5 heteroatoms. The van der Waals surface area contributed by atoms with Crippen LogP contribution in [0.4, 0.5) is 17.1 Å². The Bertz CT molecular complexity index is 4000. The number of anilines is 3. The zero-order valence-corrected chi connectivity index (χ0v) is 37.7. The van der Waals surface area contributed by atoms with Gasteiger partial charge >= 0.3 is 0 Å². The molecule has 1 aliphatic rings. The molecule has 4 heterocycles. The van der Waals surface area contributed by atoms with Crippen molar-refractivity contribution < 1.29 is 4.42 Å². The standard InChI is InChI=1S/C62H41N3OS/c1-38-17-24-53-48(31-38)49-32-39(2)18-25-54(49)63(53)45-21-28-57-61(36-45)67-62-37-46(22-29-58(62)65(57)44-23-30-60-52(35-44)47-15-9-10-16-59(47)66-60)64-55-26-19-42(40-11-5-3-6-12-40)33-50(55)51-34-43(20-27-56(51)64)41-13-7-4-8-14-41/h3-37H,1-2H3. The molecule has 14 rings (SSSR count). The lowest BCUT2D eigenvalue weighted by Crippen LogP contribution is -2.15. The van der Waals surface area contributed by atoms with Crippen LogP contribution in [0.3, 0.4) is 0 Å². The minimum atomic E-state index is 0.886. The predicted octanol–water partition coefficient (Wildman–Crippen LogP) is 17.7. The fraction of sp³-hybridized carbons (Fsp3) is 0.0323. The van der Waals surface area contributed by atoms with Crippen molar-refractivity contribution in [1.82, 2.24) is 9.13 Å². The van der Waals surface area contributed by atoms with Crippen LogP contribution in [-0.2, 0) is 0 Å². The summed E-state index contributed by atoms with van der Waals surface area (Å²) in [5.74, 6) is 0. The summed E-state index contributed by atoms with van der Waals surface area (Å²) >= 11 is 1.85. The minimum Gasteiger partial charge on any atom is -0.456 e. The Morgan fingerprint density at radius 2 is 0.791 bits per heavy atom. The summed E-state index contributed by atoms with van der Waals surface area (Å²) in [4.78, 5) is 4.82. The molecule has 0 bridgehead atoms. The Hall–Kier alpha value is -8.25. The Morgan fingerprint density at radius 3 is 1.34 bits per heavy atom. The molecule has 4 nitrogen and oxygen atoms in total. The minimum absolute atomic E-state index is 0.886. The van der Waals surface area contributed by atoms with Crippen molar-refractivity contribution in [2.45, 2.75) is 23.6 Å². The van der Waals surface area contributed by atoms with Crippen molar-refractivity contribution in [3.63, 3.8) is 0 Å². The molecule has 1 aliphatic heterocycles. The smallest absolute Gasteiger partial charge is 0.135 e. The fourth-order valence-electron chi connectivity index (χ4n) is 10.6. The molecule has 0 atom stereocenters. The highest BCUT2D eigenvalue weighted by Crippen LogP contribution is 2.54. The number of hydrogen-bond donors (Lipinski definition) is 0. The van der Waals surface area contributed by atoms with Crippen LogP contribution in [0.15, 0.2) is 227 Å². The Morgan fingerprint density at radius 1 is 0.328 bits per heavy atom. The first-order valence-corrected chi connectivity index (χ1v) is 23.7. The number of fused-ring (bicyclic) bond motifs is 11. The lowest BCUT2D eigenvalue weighted by atomic mass is 10.0. The van der Waals surface area contributed by atoms with E-state index in [1.54, 1.807) is 0 Å². The van der Waals surface area contributed by atoms with Crippen LogP contribution in [0.25, 0.3) is 99.2 Å². The molecule has 0 amide bonds. The summed E-state index contributed by atoms with van der Waals surface area (Å²) < 4.78 is 11.2. The van der Waals surface area contributed by atoms with Crippen LogP contribution < -0.4 is 4.90 Å². The van der Waals surface area contributed by atoms with E-state index in [9.17, 15) is 0 Å². The van der Waals surface area contributed by atoms with Gasteiger partial charge in [0.05, 0.1) is 33.4 Å². The highest BCUT2D eigenvalue weighted by molar-refractivity contribution is 7.99. The van der Waals surface area contributed by atoms with Crippen molar-refractivity contribution in [1.29, 1.82) is 0 Å². The van der Waals surface area contributed by atoms with Crippen molar-refractivity contribution in [2.75, 3.05) is 4.90 Å². The third kappa shape index (κ3) is 5.95. The van der Waals surface area contributed by atoms with Crippen LogP contribution in [-0.4, -0.2) is 9.13 Å². The SMILES string of the molecule is Cc1ccc2c(c1)c1cc(C)ccc1n2-c1ccc2c(c1)Sc1cc(-n3c4ccc(-c5ccccc5)cc4c4cc(-c5ccccc5)ccc43)ccc1N2c1ccc2oc3ccccc3c2c1. The predicted molar refractivity (Wildman–Crippen MR) is 282 cm³/mol. The van der Waals surface area contributed by atoms with Crippen molar-refractivity contribution in [3.8, 4) is 33.6 Å². The zero-order valence-electron chi connectivity index (χ0n) is 36.9. The van der Waals surface area contributed by atoms with E-state index in [0.717, 1.165) is 50.4 Å². The maximum absolute atomic E-state index is 6.34. The molecule has 0 fully saturated rings. The number of aromatic nitrogens is 2. The highest BCUT2D eigenvalue weighted by atomic mass is 32.2. The van der Waals surface area contributed by atoms with Gasteiger partial charge in [0.1, 0.15) is 11.2 Å². The highest BCUT2D eigenvalue weighted by Gasteiger charge is 2.28. The molecule has 0 radical (unpaired) electrons. The van der Waals surface area contributed by atoms with Gasteiger partial charge in [-0.1, -0.05) is 126 Å². The van der Waals surface area contributed by atoms with Gasteiger partial charge in [-0.15, -0.1) is 0 Å². The molecule has 0 N–H and O–H groups in total. The Labute approximate surface area is 391 Å². The molecule has 3 aromatic heterocycles. The first-order chi connectivity index (χ1) is 33.0. The van der Waals surface area contributed by atoms with E-state index in [1.807, 2.05) is 17.8 Å². The second-order valence-electron chi connectivity index (χ2n) is 17.9. The normalized spacial score (nSPS) is 12.5. The van der Waals surface area contributed by atoms with Crippen LogP contribution >= 0.6 is 11.8 Å². The van der Waals surface area contributed by atoms with E-state index in [4.69, 9.17) is 4.42 Å². The van der Waals surface area contributed by atoms with Crippen LogP contribution in [0.2, 0.25) is 0 Å². The van der Waals surface area contributed by atoms with Crippen molar-refractivity contribution >= 4 is 94.4 Å². The molecule has 0 aliphatic carbocycles. The average Bonchev–Trinajstić information content (AvgIpc) is 4.02. The summed E-state index contributed by atoms with van der Waals surface area (Å²) in [6.45, 7) is 4.36. The van der Waals surface area contributed by atoms with Gasteiger partial charge in [0.2, 0.25) is 0 Å². The van der Waals surface area contributed by atoms with Gasteiger partial charge in [0, 0.05) is 59.2 Å². The summed E-state index contributed by atoms with van der Waals surface area (Å²) in [7, 11) is 0. The maximum atomic E-state index is 6.34. The number of rotatable bonds is 5. The summed E-state index contributed by atoms with van der Waals surface area (Å²) in [6, 6.07) is 78.0. The number of benzene rings is 10. The van der Waals surface area contributed by atoms with E-state index < -0.39 is 0 Å². The lowest BCUT2D eigenvalue weighted by Gasteiger charge is -2.33. The van der Waals surface area contributed by atoms with E-state index >= 15 is 0 Å². The van der Waals surface area contributed by atoms with E-state index in [-0.39, 0.29) is 0 Å². The lowest BCUT2D eigenvalue weighted by molar-refractivity contribution is 0.669. The average molecular weight is 876 g/mol. The van der Waals surface area contributed by atoms with Gasteiger partial charge in [-0.25, -0.2) is 0 Å². The zero-order chi connectivity index (χ0) is 44.3. The van der Waals surface area contributed by atoms with Crippen LogP contribution in [0, 0.1) is 13.8 Å². The van der Waals surface area contributed by atoms with Gasteiger partial charge in [0.25, 0.3) is 0 Å². The van der Waals surface area contributed by atoms with Gasteiger partial charge in [-0.2, -0.15) is 0 Å². The van der Waals surface area contributed by atoms with Crippen molar-refractivity contribution in [2.24, 2.45) is 0 Å².